The number of aryl methyl sites for hydroxylation is 1. The van der Waals surface area contributed by atoms with Gasteiger partial charge in [0.2, 0.25) is 0 Å². The summed E-state index contributed by atoms with van der Waals surface area (Å²) in [7, 11) is 10.1. The van der Waals surface area contributed by atoms with Crippen molar-refractivity contribution in [1.29, 1.82) is 0 Å². The van der Waals surface area contributed by atoms with Crippen LogP contribution >= 0.6 is 0 Å². The summed E-state index contributed by atoms with van der Waals surface area (Å²) in [6.07, 6.45) is 26.4. The number of ketones is 7. The lowest BCUT2D eigenvalue weighted by Gasteiger charge is -2.56. The van der Waals surface area contributed by atoms with E-state index in [0.717, 1.165) is 145 Å². The molecule has 19 heteroatoms. The van der Waals surface area contributed by atoms with Gasteiger partial charge in [-0.1, -0.05) is 99.0 Å². The molecular weight excluding hydrogens is 1680 g/mol. The number of nitrogens with two attached hydrogens (primary N) is 1. The molecule has 0 aliphatic heterocycles. The van der Waals surface area contributed by atoms with E-state index in [-0.39, 0.29) is 93.9 Å². The van der Waals surface area contributed by atoms with Crippen LogP contribution < -0.4 is 20.9 Å². The predicted octanol–water partition coefficient (Wildman–Crippen LogP) is 21.1. The maximum atomic E-state index is 13.2. The summed E-state index contributed by atoms with van der Waals surface area (Å²) < 4.78 is 17.9. The first-order chi connectivity index (χ1) is 63.6. The van der Waals surface area contributed by atoms with Gasteiger partial charge in [-0.25, -0.2) is 0 Å². The van der Waals surface area contributed by atoms with Gasteiger partial charge in [-0.3, -0.25) is 47.9 Å². The number of nitrogen functional groups attached to an aromatic ring is 1. The van der Waals surface area contributed by atoms with E-state index < -0.39 is 44.1 Å². The largest absolute Gasteiger partial charge is 0.508 e. The summed E-state index contributed by atoms with van der Waals surface area (Å²) in [5.41, 5.74) is 23.7. The van der Waals surface area contributed by atoms with Crippen LogP contribution in [0.4, 0.5) is 22.7 Å². The van der Waals surface area contributed by atoms with Crippen LogP contribution in [0.2, 0.25) is 0 Å². The summed E-state index contributed by atoms with van der Waals surface area (Å²) in [5.74, 6) is 3.21. The number of fused-ring (bicyclic) bond motifs is 17. The third-order valence-corrected chi connectivity index (χ3v) is 37.3. The number of benzene rings is 5. The maximum absolute atomic E-state index is 13.2. The molecule has 15 aliphatic rings. The molecule has 15 aliphatic carbocycles. The van der Waals surface area contributed by atoms with Crippen LogP contribution in [0.5, 0.6) is 5.75 Å². The van der Waals surface area contributed by atoms with Gasteiger partial charge in [0.25, 0.3) is 0 Å². The molecule has 19 nitrogen and oxygen atoms in total. The van der Waals surface area contributed by atoms with Gasteiger partial charge < -0.3 is 45.3 Å². The molecule has 0 amide bonds. The second-order valence-corrected chi connectivity index (χ2v) is 43.9. The van der Waals surface area contributed by atoms with Crippen molar-refractivity contribution in [2.75, 3.05) is 56.1 Å². The van der Waals surface area contributed by atoms with Gasteiger partial charge in [-0.2, -0.15) is 0 Å². The molecule has 0 radical (unpaired) electrons. The summed E-state index contributed by atoms with van der Waals surface area (Å²) in [5, 5.41) is 25.0. The number of phenolic OH excluding ortho intramolecular Hbond substituents is 1. The number of phenols is 1. The average Bonchev–Trinajstić information content (AvgIpc) is 1.52. The number of aliphatic hydroxyl groups is 1. The van der Waals surface area contributed by atoms with Crippen molar-refractivity contribution in [2.45, 2.75) is 295 Å². The molecule has 0 saturated heterocycles. The number of allylic oxidation sites excluding steroid dienone is 12. The van der Waals surface area contributed by atoms with Crippen LogP contribution in [0.25, 0.3) is 0 Å². The van der Waals surface area contributed by atoms with Gasteiger partial charge in [0.15, 0.2) is 57.3 Å². The Balaban J connectivity index is 0.000000124. The van der Waals surface area contributed by atoms with E-state index in [2.05, 4.69) is 134 Å². The van der Waals surface area contributed by atoms with Gasteiger partial charge in [-0.15, -0.1) is 0 Å². The highest BCUT2D eigenvalue weighted by Crippen LogP contribution is 2.74. The normalized spacial score (nSPS) is 34.8. The molecule has 8 fully saturated rings. The van der Waals surface area contributed by atoms with Gasteiger partial charge in [0, 0.05) is 137 Å². The number of anilines is 4. The van der Waals surface area contributed by atoms with E-state index in [1.807, 2.05) is 77.7 Å². The van der Waals surface area contributed by atoms with E-state index >= 15 is 0 Å². The summed E-state index contributed by atoms with van der Waals surface area (Å²) >= 11 is 0. The summed E-state index contributed by atoms with van der Waals surface area (Å²) in [4.78, 5) is 130. The van der Waals surface area contributed by atoms with Crippen LogP contribution in [-0.2, 0) is 68.6 Å². The van der Waals surface area contributed by atoms with Gasteiger partial charge in [0.1, 0.15) is 11.4 Å². The summed E-state index contributed by atoms with van der Waals surface area (Å²) in [6.45, 7) is 19.3. The minimum absolute atomic E-state index is 0.0287. The highest BCUT2D eigenvalue weighted by atomic mass is 16.6. The Labute approximate surface area is 791 Å². The lowest BCUT2D eigenvalue weighted by atomic mass is 9.48. The molecule has 134 heavy (non-hydrogen) atoms. The fourth-order valence-electron chi connectivity index (χ4n) is 31.3. The van der Waals surface area contributed by atoms with Gasteiger partial charge in [0.05, 0.1) is 0 Å². The van der Waals surface area contributed by atoms with E-state index in [1.54, 1.807) is 27.7 Å². The first kappa shape index (κ1) is 95.3. The first-order valence-corrected chi connectivity index (χ1v) is 49.8. The Kier molecular flexibility index (Phi) is 25.6. The molecular formula is C115H140N4O15. The Bertz CT molecular complexity index is 5810. The van der Waals surface area contributed by atoms with Crippen LogP contribution in [0.1, 0.15) is 300 Å². The van der Waals surface area contributed by atoms with Crippen molar-refractivity contribution in [3.63, 3.8) is 0 Å². The molecule has 5 aromatic carbocycles. The smallest absolute Gasteiger partial charge is 0.303 e. The summed E-state index contributed by atoms with van der Waals surface area (Å²) in [6, 6.07) is 40.1. The molecule has 20 rings (SSSR count). The lowest BCUT2D eigenvalue weighted by Crippen LogP contribution is -2.57. The van der Waals surface area contributed by atoms with Crippen molar-refractivity contribution in [3.05, 3.63) is 217 Å². The van der Waals surface area contributed by atoms with Crippen LogP contribution in [0.3, 0.4) is 0 Å². The Morgan fingerprint density at radius 3 is 1.13 bits per heavy atom. The number of hydrogen-bond acceptors (Lipinski definition) is 19. The van der Waals surface area contributed by atoms with E-state index in [0.29, 0.717) is 92.1 Å². The number of ether oxygens (including phenoxy) is 3. The number of Topliss-reactive ketones (excluding diaryl/α,β-unsaturated/α-hetero) is 4. The van der Waals surface area contributed by atoms with Gasteiger partial charge >= 0.3 is 17.9 Å². The van der Waals surface area contributed by atoms with Crippen LogP contribution in [0.15, 0.2) is 184 Å². The molecule has 710 valence electrons. The van der Waals surface area contributed by atoms with Crippen molar-refractivity contribution in [2.24, 2.45) is 69.0 Å². The molecule has 5 N–H and O–H groups in total. The van der Waals surface area contributed by atoms with Gasteiger partial charge in [-0.05, 0) is 380 Å². The van der Waals surface area contributed by atoms with Crippen molar-refractivity contribution in [3.8, 4) is 5.75 Å². The van der Waals surface area contributed by atoms with Crippen molar-refractivity contribution < 1.29 is 72.4 Å². The molecule has 0 aromatic heterocycles. The molecule has 8 saturated carbocycles. The SMILES string of the molecule is CC(=O)C1(O)CCC2C3CCC4=CC(=O)CCC4=C3C(c3ccc(N(C)C)cc3)C[C@@]21C.CC(=O)OC1(C(C)=O)CCC2C3CCC4=CC(=O)CCC4=C3C(c3ccc(N)cc3)C[C@@]21C.CC(=O)OC1(C(C)=O)CCC2C3CCc4cc(O)ccc4C3C(c3ccc(N(C)C)cc3)C[C@@]21C.CNc1ccc(C2C[C@@]3(C)C(CCC3(OC(C)=O)C(C)=O)C3CCC4=CC(=O)CCC4=C23)cc1. The second kappa shape index (κ2) is 35.9. The monoisotopic (exact) mass is 1820 g/mol. The number of rotatable bonds is 14. The predicted molar refractivity (Wildman–Crippen MR) is 521 cm³/mol. The molecule has 21 atom stereocenters. The second-order valence-electron chi connectivity index (χ2n) is 43.9. The minimum Gasteiger partial charge on any atom is -0.508 e. The highest BCUT2D eigenvalue weighted by molar-refractivity contribution is 5.96. The number of esters is 3. The zero-order valence-electron chi connectivity index (χ0n) is 81.8. The fraction of sp³-hybridized carbons (Fsp3) is 0.548. The third-order valence-electron chi connectivity index (χ3n) is 37.3. The van der Waals surface area contributed by atoms with Crippen molar-refractivity contribution in [1.82, 2.24) is 0 Å². The molecule has 0 heterocycles. The van der Waals surface area contributed by atoms with E-state index in [4.69, 9.17) is 19.9 Å². The van der Waals surface area contributed by atoms with E-state index in [9.17, 15) is 58.2 Å². The number of carbonyl (C=O) groups is 10. The molecule has 5 aromatic rings. The Hall–Kier alpha value is -10.4. The lowest BCUT2D eigenvalue weighted by molar-refractivity contribution is -0.184. The molecule has 17 unspecified atom stereocenters. The van der Waals surface area contributed by atoms with Crippen LogP contribution in [0, 0.1) is 69.0 Å². The number of hydrogen-bond donors (Lipinski definition) is 4. The maximum Gasteiger partial charge on any atom is 0.303 e. The number of aromatic hydroxyl groups is 1. The van der Waals surface area contributed by atoms with Crippen molar-refractivity contribution >= 4 is 81.1 Å². The molecule has 0 spiro atoms. The number of nitrogens with one attached hydrogen (secondary N) is 1. The first-order valence-electron chi connectivity index (χ1n) is 49.8. The standard InChI is InChI=1S/C30H37NO4.C29H35NO4.C28H33NO4.C28H35NO3/c1-18(32)30(35-19(2)33)15-14-27-25-12-8-21-16-23(34)11-13-24(21)28(25)26(17-29(27,30)3)20-6-9-22(10-7-20)31(4)5;1-17(31)29(34-18(2)32)14-13-26-24-11-7-20-15-22(33)10-12-23(20)27(24)25(16-28(26,29)3)19-5-8-21(30-4)9-6-19;1-16(30)28(33-17(2)31)13-12-25-23-10-6-19-14-21(32)9-11-22(19)26(23)24(15-27(25,28)3)18-4-7-20(29)8-5-18;1-17(30)28(32)14-13-25-23-11-7-19-15-21(31)10-12-22(19)26(23)24(16-27(25,28)2)18-5-8-20(9-6-18)29(3)4/h6-7,9-11,13,16,25-28,34H,8,12,14-15,17H2,1-5H3;5-6,8-9,15,24-26,30H,7,10-14,16H2,1-4H3;4-5,7-8,14,23-25H,6,9-13,15,29H2,1-3H3;5-6,8-9,15,23-25,32H,7,10-14,16H2,1-4H3/t25?,26?,27?,28?,29-,30?;24?,25?,26?,28-,29?;2*23?,24?,25?,27-,28?/m0000/s1. The quantitative estimate of drug-likeness (QED) is 0.0456. The number of carbonyl (C=O) groups excluding carboxylic acids is 10. The van der Waals surface area contributed by atoms with E-state index in [1.165, 1.54) is 104 Å². The Morgan fingerprint density at radius 1 is 0.396 bits per heavy atom. The van der Waals surface area contributed by atoms with Crippen LogP contribution in [-0.4, -0.2) is 126 Å². The fourth-order valence-corrected chi connectivity index (χ4v) is 31.3. The zero-order chi connectivity index (χ0) is 95.8. The minimum atomic E-state index is -1.24. The Morgan fingerprint density at radius 2 is 0.754 bits per heavy atom. The number of nitrogens with zero attached hydrogens (tertiary/aromatic N) is 2. The third kappa shape index (κ3) is 15.8. The average molecular weight is 1820 g/mol. The topological polar surface area (TPSA) is 283 Å². The zero-order valence-corrected chi connectivity index (χ0v) is 81.8. The highest BCUT2D eigenvalue weighted by Gasteiger charge is 2.72. The molecule has 0 bridgehead atoms.